The molecule has 0 aliphatic heterocycles. The Hall–Kier alpha value is -1.80. The smallest absolute Gasteiger partial charge is 0.326 e. The van der Waals surface area contributed by atoms with Crippen molar-refractivity contribution in [2.75, 3.05) is 5.32 Å². The molecule has 2 amide bonds. The maximum absolute atomic E-state index is 11.7. The molecule has 0 saturated heterocycles. The Labute approximate surface area is 133 Å². The van der Waals surface area contributed by atoms with Gasteiger partial charge in [0.1, 0.15) is 6.04 Å². The molecule has 0 radical (unpaired) electrons. The van der Waals surface area contributed by atoms with Crippen LogP contribution in [-0.2, 0) is 9.59 Å². The maximum atomic E-state index is 11.7. The van der Waals surface area contributed by atoms with Crippen molar-refractivity contribution in [2.45, 2.75) is 18.9 Å². The van der Waals surface area contributed by atoms with Crippen LogP contribution in [0, 0.1) is 0 Å². The second-order valence-corrected chi connectivity index (χ2v) is 5.37. The molecule has 1 rings (SSSR count). The number of halogens is 2. The third-order valence-corrected chi connectivity index (χ3v) is 3.24. The number of carboxylic acid groups (broad SMARTS) is 2. The lowest BCUT2D eigenvalue weighted by atomic mass is 10.1. The molecule has 21 heavy (non-hydrogen) atoms. The van der Waals surface area contributed by atoms with Crippen LogP contribution in [0.2, 0.25) is 5.02 Å². The van der Waals surface area contributed by atoms with E-state index in [2.05, 4.69) is 26.6 Å². The number of benzene rings is 1. The van der Waals surface area contributed by atoms with E-state index >= 15 is 0 Å². The minimum Gasteiger partial charge on any atom is -0.481 e. The maximum Gasteiger partial charge on any atom is 0.326 e. The summed E-state index contributed by atoms with van der Waals surface area (Å²) in [6, 6.07) is 2.68. The van der Waals surface area contributed by atoms with E-state index in [0.717, 1.165) is 4.47 Å². The van der Waals surface area contributed by atoms with Gasteiger partial charge in [0.05, 0.1) is 10.7 Å². The van der Waals surface area contributed by atoms with Gasteiger partial charge in [-0.1, -0.05) is 27.5 Å². The second-order valence-electron chi connectivity index (χ2n) is 4.05. The Morgan fingerprint density at radius 2 is 1.95 bits per heavy atom. The number of carboxylic acids is 2. The molecule has 0 bridgehead atoms. The molecule has 0 aliphatic carbocycles. The molecule has 7 nitrogen and oxygen atoms in total. The molecular weight excluding hydrogens is 367 g/mol. The summed E-state index contributed by atoms with van der Waals surface area (Å²) < 4.78 is 0.725. The first-order chi connectivity index (χ1) is 9.79. The van der Waals surface area contributed by atoms with Crippen molar-refractivity contribution in [3.05, 3.63) is 27.7 Å². The number of aliphatic carboxylic acids is 2. The van der Waals surface area contributed by atoms with Gasteiger partial charge in [-0.2, -0.15) is 0 Å². The van der Waals surface area contributed by atoms with Crippen molar-refractivity contribution in [1.82, 2.24) is 5.32 Å². The average Bonchev–Trinajstić information content (AvgIpc) is 2.37. The van der Waals surface area contributed by atoms with Gasteiger partial charge in [0, 0.05) is 10.9 Å². The molecule has 0 heterocycles. The van der Waals surface area contributed by atoms with Gasteiger partial charge in [-0.25, -0.2) is 9.59 Å². The largest absolute Gasteiger partial charge is 0.481 e. The van der Waals surface area contributed by atoms with Crippen molar-refractivity contribution < 1.29 is 24.6 Å². The zero-order valence-electron chi connectivity index (χ0n) is 10.6. The predicted molar refractivity (Wildman–Crippen MR) is 79.6 cm³/mol. The monoisotopic (exact) mass is 378 g/mol. The number of carbonyl (C=O) groups is 3. The first-order valence-electron chi connectivity index (χ1n) is 5.76. The Morgan fingerprint density at radius 3 is 2.48 bits per heavy atom. The molecule has 0 aromatic heterocycles. The number of amides is 2. The fraction of sp³-hybridized carbons (Fsp3) is 0.250. The summed E-state index contributed by atoms with van der Waals surface area (Å²) in [6.45, 7) is 0. The van der Waals surface area contributed by atoms with Crippen LogP contribution >= 0.6 is 27.5 Å². The number of rotatable bonds is 6. The van der Waals surface area contributed by atoms with E-state index in [1.807, 2.05) is 0 Å². The van der Waals surface area contributed by atoms with Gasteiger partial charge in [0.15, 0.2) is 0 Å². The molecule has 114 valence electrons. The second kappa shape index (κ2) is 7.84. The lowest BCUT2D eigenvalue weighted by Crippen LogP contribution is -2.43. The number of anilines is 1. The van der Waals surface area contributed by atoms with Crippen LogP contribution in [0.5, 0.6) is 0 Å². The highest BCUT2D eigenvalue weighted by molar-refractivity contribution is 9.10. The van der Waals surface area contributed by atoms with Gasteiger partial charge >= 0.3 is 18.0 Å². The Kier molecular flexibility index (Phi) is 6.44. The van der Waals surface area contributed by atoms with Crippen LogP contribution < -0.4 is 10.6 Å². The van der Waals surface area contributed by atoms with E-state index in [0.29, 0.717) is 5.69 Å². The molecule has 0 aliphatic rings. The number of carbonyl (C=O) groups excluding carboxylic acids is 1. The first-order valence-corrected chi connectivity index (χ1v) is 6.94. The molecule has 0 saturated carbocycles. The molecular formula is C12H12BrClN2O5. The number of urea groups is 1. The van der Waals surface area contributed by atoms with E-state index in [-0.39, 0.29) is 17.9 Å². The summed E-state index contributed by atoms with van der Waals surface area (Å²) in [7, 11) is 0. The van der Waals surface area contributed by atoms with Crippen LogP contribution in [0.4, 0.5) is 10.5 Å². The van der Waals surface area contributed by atoms with E-state index < -0.39 is 24.0 Å². The van der Waals surface area contributed by atoms with E-state index in [4.69, 9.17) is 21.8 Å². The Balaban J connectivity index is 2.65. The van der Waals surface area contributed by atoms with Crippen LogP contribution in [0.15, 0.2) is 22.7 Å². The zero-order chi connectivity index (χ0) is 16.0. The van der Waals surface area contributed by atoms with Crippen molar-refractivity contribution in [3.8, 4) is 0 Å². The van der Waals surface area contributed by atoms with Crippen LogP contribution in [0.1, 0.15) is 12.8 Å². The highest BCUT2D eigenvalue weighted by Crippen LogP contribution is 2.25. The van der Waals surface area contributed by atoms with Gasteiger partial charge in [0.25, 0.3) is 0 Å². The zero-order valence-corrected chi connectivity index (χ0v) is 12.9. The molecule has 9 heteroatoms. The van der Waals surface area contributed by atoms with E-state index in [9.17, 15) is 14.4 Å². The first kappa shape index (κ1) is 17.3. The van der Waals surface area contributed by atoms with Crippen LogP contribution in [0.3, 0.4) is 0 Å². The third kappa shape index (κ3) is 6.01. The SMILES string of the molecule is O=C(O)CC[C@H](NC(=O)Nc1ccc(Br)cc1Cl)C(=O)O. The van der Waals surface area contributed by atoms with E-state index in [1.54, 1.807) is 18.2 Å². The van der Waals surface area contributed by atoms with Gasteiger partial charge < -0.3 is 20.8 Å². The highest BCUT2D eigenvalue weighted by Gasteiger charge is 2.21. The summed E-state index contributed by atoms with van der Waals surface area (Å²) in [6.07, 6.45) is -0.581. The highest BCUT2D eigenvalue weighted by atomic mass is 79.9. The summed E-state index contributed by atoms with van der Waals surface area (Å²) in [4.78, 5) is 33.1. The average molecular weight is 380 g/mol. The molecule has 4 N–H and O–H groups in total. The number of hydrogen-bond acceptors (Lipinski definition) is 3. The molecule has 0 fully saturated rings. The third-order valence-electron chi connectivity index (χ3n) is 2.43. The fourth-order valence-corrected chi connectivity index (χ4v) is 2.15. The van der Waals surface area contributed by atoms with Gasteiger partial charge in [-0.05, 0) is 24.6 Å². The van der Waals surface area contributed by atoms with Gasteiger partial charge in [0.2, 0.25) is 0 Å². The van der Waals surface area contributed by atoms with Crippen LogP contribution in [-0.4, -0.2) is 34.2 Å². The minimum atomic E-state index is -1.31. The van der Waals surface area contributed by atoms with Crippen molar-refractivity contribution in [1.29, 1.82) is 0 Å². The van der Waals surface area contributed by atoms with E-state index in [1.165, 1.54) is 0 Å². The minimum absolute atomic E-state index is 0.216. The molecule has 0 unspecified atom stereocenters. The summed E-state index contributed by atoms with van der Waals surface area (Å²) in [5.41, 5.74) is 0.305. The topological polar surface area (TPSA) is 116 Å². The molecule has 1 atom stereocenters. The van der Waals surface area contributed by atoms with Crippen molar-refractivity contribution >= 4 is 51.2 Å². The van der Waals surface area contributed by atoms with Gasteiger partial charge in [-0.15, -0.1) is 0 Å². The molecule has 1 aromatic carbocycles. The summed E-state index contributed by atoms with van der Waals surface area (Å²) in [5, 5.41) is 22.3. The quantitative estimate of drug-likeness (QED) is 0.606. The fourth-order valence-electron chi connectivity index (χ4n) is 1.43. The number of hydrogen-bond donors (Lipinski definition) is 4. The van der Waals surface area contributed by atoms with Crippen LogP contribution in [0.25, 0.3) is 0 Å². The standard InChI is InChI=1S/C12H12BrClN2O5/c13-6-1-2-8(7(14)5-6)15-12(21)16-9(11(19)20)3-4-10(17)18/h1-2,5,9H,3-4H2,(H,17,18)(H,19,20)(H2,15,16,21)/t9-/m0/s1. The van der Waals surface area contributed by atoms with Crippen molar-refractivity contribution in [3.63, 3.8) is 0 Å². The Morgan fingerprint density at radius 1 is 1.29 bits per heavy atom. The lowest BCUT2D eigenvalue weighted by Gasteiger charge is -2.15. The normalized spacial score (nSPS) is 11.5. The van der Waals surface area contributed by atoms with Gasteiger partial charge in [-0.3, -0.25) is 4.79 Å². The Bertz CT molecular complexity index is 567. The number of nitrogens with one attached hydrogen (secondary N) is 2. The lowest BCUT2D eigenvalue weighted by molar-refractivity contribution is -0.140. The summed E-state index contributed by atoms with van der Waals surface area (Å²) >= 11 is 9.12. The summed E-state index contributed by atoms with van der Waals surface area (Å²) in [5.74, 6) is -2.45. The van der Waals surface area contributed by atoms with Crippen molar-refractivity contribution in [2.24, 2.45) is 0 Å². The molecule has 0 spiro atoms. The molecule has 1 aromatic rings. The predicted octanol–water partition coefficient (Wildman–Crippen LogP) is 2.54.